The van der Waals surface area contributed by atoms with Gasteiger partial charge in [0.1, 0.15) is 6.04 Å². The van der Waals surface area contributed by atoms with Crippen molar-refractivity contribution in [2.45, 2.75) is 51.1 Å². The first-order valence-electron chi connectivity index (χ1n) is 11.5. The fourth-order valence-electron chi connectivity index (χ4n) is 3.67. The Bertz CT molecular complexity index is 1130. The van der Waals surface area contributed by atoms with Gasteiger partial charge in [0.15, 0.2) is 0 Å². The van der Waals surface area contributed by atoms with E-state index < -0.39 is 42.4 Å². The van der Waals surface area contributed by atoms with Gasteiger partial charge in [-0.1, -0.05) is 36.4 Å². The summed E-state index contributed by atoms with van der Waals surface area (Å²) in [5.41, 5.74) is 8.72. The van der Waals surface area contributed by atoms with Crippen molar-refractivity contribution in [1.82, 2.24) is 10.2 Å². The number of benzene rings is 2. The molecule has 0 saturated carbocycles. The number of hydrogen-bond donors (Lipinski definition) is 4. The summed E-state index contributed by atoms with van der Waals surface area (Å²) in [6.45, 7) is 1.95. The van der Waals surface area contributed by atoms with E-state index in [1.807, 2.05) is 12.1 Å². The summed E-state index contributed by atoms with van der Waals surface area (Å²) in [4.78, 5) is 49.7. The van der Waals surface area contributed by atoms with E-state index in [1.54, 1.807) is 43.3 Å². The third-order valence-corrected chi connectivity index (χ3v) is 5.69. The number of imide groups is 1. The van der Waals surface area contributed by atoms with Crippen molar-refractivity contribution in [2.75, 3.05) is 6.54 Å². The number of aryl methyl sites for hydroxylation is 2. The van der Waals surface area contributed by atoms with Crippen LogP contribution in [0, 0.1) is 18.3 Å². The van der Waals surface area contributed by atoms with Crippen LogP contribution in [0.25, 0.3) is 0 Å². The van der Waals surface area contributed by atoms with E-state index in [4.69, 9.17) is 16.1 Å². The molecular formula is C26H30N4O6. The molecule has 0 aliphatic heterocycles. The predicted octanol–water partition coefficient (Wildman–Crippen LogP) is 2.23. The number of nitrogens with one attached hydrogen (secondary N) is 1. The minimum Gasteiger partial charge on any atom is -0.481 e. The molecule has 0 aromatic heterocycles. The second kappa shape index (κ2) is 13.6. The number of carboxylic acids is 2. The Labute approximate surface area is 209 Å². The number of nitrogens with zero attached hydrogens (tertiary/aromatic N) is 2. The molecule has 0 unspecified atom stereocenters. The molecule has 36 heavy (non-hydrogen) atoms. The summed E-state index contributed by atoms with van der Waals surface area (Å²) in [6, 6.07) is 12.1. The zero-order chi connectivity index (χ0) is 26.7. The minimum absolute atomic E-state index is 0.153. The Morgan fingerprint density at radius 3 is 2.31 bits per heavy atom. The fourth-order valence-corrected chi connectivity index (χ4v) is 3.67. The van der Waals surface area contributed by atoms with Gasteiger partial charge in [0.25, 0.3) is 0 Å². The van der Waals surface area contributed by atoms with Gasteiger partial charge < -0.3 is 21.3 Å². The fraction of sp³-hybridized carbons (Fsp3) is 0.346. The van der Waals surface area contributed by atoms with Crippen LogP contribution in [-0.2, 0) is 27.2 Å². The van der Waals surface area contributed by atoms with Gasteiger partial charge >= 0.3 is 18.0 Å². The first-order chi connectivity index (χ1) is 17.1. The van der Waals surface area contributed by atoms with Gasteiger partial charge in [-0.05, 0) is 55.0 Å². The van der Waals surface area contributed by atoms with Crippen LogP contribution < -0.4 is 11.1 Å². The van der Waals surface area contributed by atoms with Crippen LogP contribution in [0.5, 0.6) is 0 Å². The number of unbranched alkanes of at least 4 members (excludes halogenated alkanes) is 1. The summed E-state index contributed by atoms with van der Waals surface area (Å²) in [5, 5.41) is 30.3. The Balaban J connectivity index is 2.10. The normalized spacial score (nSPS) is 12.1. The van der Waals surface area contributed by atoms with Gasteiger partial charge in [0.2, 0.25) is 5.91 Å². The lowest BCUT2D eigenvalue weighted by Gasteiger charge is -2.29. The molecule has 0 fully saturated rings. The molecule has 0 radical (unpaired) electrons. The first kappa shape index (κ1) is 28.0. The maximum Gasteiger partial charge on any atom is 0.327 e. The zero-order valence-corrected chi connectivity index (χ0v) is 20.0. The topological polar surface area (TPSA) is 174 Å². The van der Waals surface area contributed by atoms with Gasteiger partial charge in [-0.15, -0.1) is 0 Å². The first-order valence-corrected chi connectivity index (χ1v) is 11.5. The molecule has 2 rings (SSSR count). The van der Waals surface area contributed by atoms with E-state index in [0.717, 1.165) is 11.1 Å². The molecule has 0 bridgehead atoms. The molecule has 0 saturated heterocycles. The minimum atomic E-state index is -1.58. The van der Waals surface area contributed by atoms with Crippen molar-refractivity contribution in [3.63, 3.8) is 0 Å². The quantitative estimate of drug-likeness (QED) is 0.325. The molecule has 2 atom stereocenters. The van der Waals surface area contributed by atoms with Crippen molar-refractivity contribution in [1.29, 1.82) is 5.26 Å². The molecule has 0 spiro atoms. The van der Waals surface area contributed by atoms with Crippen molar-refractivity contribution >= 4 is 23.9 Å². The third-order valence-electron chi connectivity index (χ3n) is 5.69. The van der Waals surface area contributed by atoms with E-state index in [1.165, 1.54) is 0 Å². The van der Waals surface area contributed by atoms with E-state index in [9.17, 15) is 24.3 Å². The Hall–Kier alpha value is -4.23. The standard InChI is InChI=1S/C26H30N4O6/c1-17-6-2-3-8-20(17)14-22(25(34)35)30(24(33)21(28)15-23(31)32)26(36)29-13-5-4-7-18-9-11-19(16-27)12-10-18/h2-3,6,8-12,21-22H,4-5,7,13-15,28H2,1H3,(H,29,36)(H,31,32)(H,34,35)/t21-,22-/m0/s1. The smallest absolute Gasteiger partial charge is 0.327 e. The number of carboxylic acid groups (broad SMARTS) is 2. The van der Waals surface area contributed by atoms with Crippen LogP contribution in [0.1, 0.15) is 41.5 Å². The molecule has 0 aliphatic carbocycles. The molecule has 0 heterocycles. The van der Waals surface area contributed by atoms with Gasteiger partial charge in [-0.3, -0.25) is 9.59 Å². The molecule has 5 N–H and O–H groups in total. The van der Waals surface area contributed by atoms with Crippen molar-refractivity contribution < 1.29 is 29.4 Å². The number of amides is 3. The highest BCUT2D eigenvalue weighted by molar-refractivity contribution is 6.01. The lowest BCUT2D eigenvalue weighted by molar-refractivity contribution is -0.149. The highest BCUT2D eigenvalue weighted by atomic mass is 16.4. The van der Waals surface area contributed by atoms with Crippen LogP contribution in [0.15, 0.2) is 48.5 Å². The number of hydrogen-bond acceptors (Lipinski definition) is 6. The van der Waals surface area contributed by atoms with Crippen LogP contribution in [-0.4, -0.2) is 57.6 Å². The van der Waals surface area contributed by atoms with Crippen molar-refractivity contribution in [3.8, 4) is 6.07 Å². The molecule has 0 aliphatic rings. The molecule has 190 valence electrons. The number of rotatable bonds is 12. The monoisotopic (exact) mass is 494 g/mol. The zero-order valence-electron chi connectivity index (χ0n) is 20.0. The summed E-state index contributed by atoms with van der Waals surface area (Å²) in [6.07, 6.45) is 1.05. The molecule has 3 amide bonds. The molecule has 2 aromatic rings. The van der Waals surface area contributed by atoms with Crippen LogP contribution >= 0.6 is 0 Å². The summed E-state index contributed by atoms with van der Waals surface area (Å²) in [5.74, 6) is -3.83. The number of aliphatic carboxylic acids is 2. The second-order valence-corrected chi connectivity index (χ2v) is 8.40. The lowest BCUT2D eigenvalue weighted by atomic mass is 9.99. The van der Waals surface area contributed by atoms with Gasteiger partial charge in [-0.2, -0.15) is 5.26 Å². The SMILES string of the molecule is Cc1ccccc1C[C@@H](C(=O)O)N(C(=O)NCCCCc1ccc(C#N)cc1)C(=O)[C@@H](N)CC(=O)O. The maximum absolute atomic E-state index is 13.0. The number of nitrogens with two attached hydrogens (primary N) is 1. The number of carbonyl (C=O) groups is 4. The lowest BCUT2D eigenvalue weighted by Crippen LogP contribution is -2.58. The van der Waals surface area contributed by atoms with E-state index >= 15 is 0 Å². The average molecular weight is 495 g/mol. The molecular weight excluding hydrogens is 464 g/mol. The second-order valence-electron chi connectivity index (χ2n) is 8.40. The van der Waals surface area contributed by atoms with Crippen LogP contribution in [0.4, 0.5) is 4.79 Å². The Kier molecular flexibility index (Phi) is 10.6. The van der Waals surface area contributed by atoms with Crippen LogP contribution in [0.3, 0.4) is 0 Å². The predicted molar refractivity (Wildman–Crippen MR) is 131 cm³/mol. The van der Waals surface area contributed by atoms with Gasteiger partial charge in [-0.25, -0.2) is 14.5 Å². The molecule has 2 aromatic carbocycles. The van der Waals surface area contributed by atoms with Crippen LogP contribution in [0.2, 0.25) is 0 Å². The average Bonchev–Trinajstić information content (AvgIpc) is 2.84. The van der Waals surface area contributed by atoms with E-state index in [2.05, 4.69) is 11.4 Å². The number of carbonyl (C=O) groups excluding carboxylic acids is 2. The number of nitriles is 1. The van der Waals surface area contributed by atoms with Gasteiger partial charge in [0.05, 0.1) is 24.1 Å². The largest absolute Gasteiger partial charge is 0.481 e. The third kappa shape index (κ3) is 8.21. The highest BCUT2D eigenvalue weighted by Gasteiger charge is 2.38. The summed E-state index contributed by atoms with van der Waals surface area (Å²) < 4.78 is 0. The Morgan fingerprint density at radius 1 is 1.06 bits per heavy atom. The van der Waals surface area contributed by atoms with E-state index in [-0.39, 0.29) is 13.0 Å². The van der Waals surface area contributed by atoms with Gasteiger partial charge in [0, 0.05) is 13.0 Å². The van der Waals surface area contributed by atoms with Crippen molar-refractivity contribution in [3.05, 3.63) is 70.8 Å². The summed E-state index contributed by atoms with van der Waals surface area (Å²) >= 11 is 0. The maximum atomic E-state index is 13.0. The molecule has 10 heteroatoms. The van der Waals surface area contributed by atoms with E-state index in [0.29, 0.717) is 35.3 Å². The molecule has 10 nitrogen and oxygen atoms in total. The number of urea groups is 1. The summed E-state index contributed by atoms with van der Waals surface area (Å²) in [7, 11) is 0. The highest BCUT2D eigenvalue weighted by Crippen LogP contribution is 2.16. The van der Waals surface area contributed by atoms with Crippen molar-refractivity contribution in [2.24, 2.45) is 5.73 Å². The Morgan fingerprint density at radius 2 is 1.72 bits per heavy atom.